The summed E-state index contributed by atoms with van der Waals surface area (Å²) < 4.78 is 44.3. The fourth-order valence-corrected chi connectivity index (χ4v) is 1.62. The molecule has 0 aliphatic carbocycles. The first-order valence-corrected chi connectivity index (χ1v) is 6.19. The zero-order valence-corrected chi connectivity index (χ0v) is 11.1. The van der Waals surface area contributed by atoms with Crippen LogP contribution >= 0.6 is 0 Å². The number of halogens is 3. The highest BCUT2D eigenvalue weighted by atomic mass is 19.2. The van der Waals surface area contributed by atoms with Crippen LogP contribution in [0.4, 0.5) is 18.9 Å². The van der Waals surface area contributed by atoms with E-state index in [-0.39, 0.29) is 0 Å². The molecule has 1 aromatic heterocycles. The summed E-state index contributed by atoms with van der Waals surface area (Å²) in [6.07, 6.45) is 1.50. The maximum absolute atomic E-state index is 13.4. The topological polar surface area (TPSA) is 54.3 Å². The van der Waals surface area contributed by atoms with E-state index in [1.165, 1.54) is 6.26 Å². The Bertz CT molecular complexity index is 629. The van der Waals surface area contributed by atoms with Crippen LogP contribution in [0.5, 0.6) is 0 Å². The maximum Gasteiger partial charge on any atom is 0.241 e. The van der Waals surface area contributed by atoms with Gasteiger partial charge in [-0.2, -0.15) is 0 Å². The lowest BCUT2D eigenvalue weighted by molar-refractivity contribution is -0.117. The fraction of sp³-hybridized carbons (Fsp3) is 0.214. The zero-order chi connectivity index (χ0) is 15.4. The van der Waals surface area contributed by atoms with Crippen molar-refractivity contribution in [2.45, 2.75) is 19.5 Å². The van der Waals surface area contributed by atoms with E-state index in [1.807, 2.05) is 0 Å². The van der Waals surface area contributed by atoms with Crippen molar-refractivity contribution in [2.75, 3.05) is 5.32 Å². The van der Waals surface area contributed by atoms with Crippen LogP contribution in [0.1, 0.15) is 12.7 Å². The number of carbonyl (C=O) groups is 1. The van der Waals surface area contributed by atoms with Crippen molar-refractivity contribution in [3.05, 3.63) is 53.7 Å². The Morgan fingerprint density at radius 2 is 2.00 bits per heavy atom. The quantitative estimate of drug-likeness (QED) is 0.835. The molecule has 4 nitrogen and oxygen atoms in total. The molecular formula is C14H13F3N2O2. The Kier molecular flexibility index (Phi) is 4.64. The molecule has 7 heteroatoms. The Labute approximate surface area is 119 Å². The first-order valence-electron chi connectivity index (χ1n) is 6.19. The van der Waals surface area contributed by atoms with E-state index in [9.17, 15) is 18.0 Å². The average Bonchev–Trinajstić information content (AvgIpc) is 2.98. The van der Waals surface area contributed by atoms with Gasteiger partial charge in [-0.1, -0.05) is 0 Å². The van der Waals surface area contributed by atoms with Gasteiger partial charge >= 0.3 is 0 Å². The summed E-state index contributed by atoms with van der Waals surface area (Å²) in [5.74, 6) is -4.31. The van der Waals surface area contributed by atoms with Gasteiger partial charge in [-0.3, -0.25) is 10.1 Å². The van der Waals surface area contributed by atoms with Gasteiger partial charge in [0.2, 0.25) is 5.91 Å². The maximum atomic E-state index is 13.4. The van der Waals surface area contributed by atoms with E-state index in [0.29, 0.717) is 12.3 Å². The number of carbonyl (C=O) groups excluding carboxylic acids is 1. The van der Waals surface area contributed by atoms with Gasteiger partial charge in [-0.05, 0) is 31.2 Å². The van der Waals surface area contributed by atoms with Gasteiger partial charge in [0.05, 0.1) is 24.5 Å². The molecule has 0 aliphatic rings. The minimum absolute atomic E-state index is 0.307. The van der Waals surface area contributed by atoms with Crippen LogP contribution in [0.2, 0.25) is 0 Å². The van der Waals surface area contributed by atoms with Crippen LogP contribution in [-0.2, 0) is 11.3 Å². The highest BCUT2D eigenvalue weighted by Crippen LogP contribution is 2.19. The Morgan fingerprint density at radius 1 is 1.24 bits per heavy atom. The lowest BCUT2D eigenvalue weighted by Gasteiger charge is -2.14. The van der Waals surface area contributed by atoms with Gasteiger partial charge in [0.25, 0.3) is 0 Å². The molecule has 2 rings (SSSR count). The van der Waals surface area contributed by atoms with Gasteiger partial charge in [-0.25, -0.2) is 13.2 Å². The van der Waals surface area contributed by atoms with Crippen molar-refractivity contribution in [1.82, 2.24) is 5.32 Å². The van der Waals surface area contributed by atoms with Crippen molar-refractivity contribution >= 4 is 11.6 Å². The zero-order valence-electron chi connectivity index (χ0n) is 11.1. The molecular weight excluding hydrogens is 285 g/mol. The predicted octanol–water partition coefficient (Wildman–Crippen LogP) is 2.81. The number of hydrogen-bond donors (Lipinski definition) is 2. The Morgan fingerprint density at radius 3 is 2.67 bits per heavy atom. The molecule has 1 atom stereocenters. The van der Waals surface area contributed by atoms with Crippen molar-refractivity contribution in [3.63, 3.8) is 0 Å². The number of nitrogens with one attached hydrogen (secondary N) is 2. The van der Waals surface area contributed by atoms with E-state index < -0.39 is 35.1 Å². The minimum Gasteiger partial charge on any atom is -0.468 e. The highest BCUT2D eigenvalue weighted by Gasteiger charge is 2.18. The van der Waals surface area contributed by atoms with Crippen LogP contribution in [0.25, 0.3) is 0 Å². The number of furan rings is 1. The number of anilines is 1. The second-order valence-corrected chi connectivity index (χ2v) is 4.39. The third-order valence-corrected chi connectivity index (χ3v) is 2.85. The lowest BCUT2D eigenvalue weighted by Crippen LogP contribution is -2.37. The molecule has 21 heavy (non-hydrogen) atoms. The van der Waals surface area contributed by atoms with Crippen LogP contribution in [0.3, 0.4) is 0 Å². The first kappa shape index (κ1) is 15.1. The average molecular weight is 298 g/mol. The van der Waals surface area contributed by atoms with Gasteiger partial charge in [0, 0.05) is 0 Å². The number of rotatable bonds is 5. The van der Waals surface area contributed by atoms with Crippen molar-refractivity contribution in [1.29, 1.82) is 0 Å². The summed E-state index contributed by atoms with van der Waals surface area (Å²) in [5, 5.41) is 5.05. The van der Waals surface area contributed by atoms with Crippen LogP contribution < -0.4 is 10.6 Å². The lowest BCUT2D eigenvalue weighted by atomic mass is 10.2. The fourth-order valence-electron chi connectivity index (χ4n) is 1.62. The molecule has 1 aromatic carbocycles. The van der Waals surface area contributed by atoms with Crippen molar-refractivity contribution < 1.29 is 22.4 Å². The first-order chi connectivity index (χ1) is 9.99. The smallest absolute Gasteiger partial charge is 0.241 e. The molecule has 1 heterocycles. The molecule has 2 N–H and O–H groups in total. The van der Waals surface area contributed by atoms with Gasteiger partial charge in [-0.15, -0.1) is 0 Å². The summed E-state index contributed by atoms with van der Waals surface area (Å²) in [7, 11) is 0. The molecule has 0 bridgehead atoms. The van der Waals surface area contributed by atoms with Gasteiger partial charge in [0.1, 0.15) is 5.76 Å². The third-order valence-electron chi connectivity index (χ3n) is 2.85. The highest BCUT2D eigenvalue weighted by molar-refractivity contribution is 5.94. The molecule has 1 unspecified atom stereocenters. The van der Waals surface area contributed by atoms with E-state index in [2.05, 4.69) is 10.6 Å². The third kappa shape index (κ3) is 3.63. The monoisotopic (exact) mass is 298 g/mol. The summed E-state index contributed by atoms with van der Waals surface area (Å²) in [4.78, 5) is 11.8. The number of benzene rings is 1. The second-order valence-electron chi connectivity index (χ2n) is 4.39. The standard InChI is InChI=1S/C14H13F3N2O2/c1-8(18-7-9-3-2-6-21-9)14(20)19-11-5-4-10(15)12(16)13(11)17/h2-6,8,18H,7H2,1H3,(H,19,20). The normalized spacial score (nSPS) is 12.2. The van der Waals surface area contributed by atoms with Crippen molar-refractivity contribution in [3.8, 4) is 0 Å². The molecule has 1 amide bonds. The van der Waals surface area contributed by atoms with E-state index in [0.717, 1.165) is 12.1 Å². The minimum atomic E-state index is -1.62. The molecule has 0 spiro atoms. The summed E-state index contributed by atoms with van der Waals surface area (Å²) in [6, 6.07) is 4.47. The van der Waals surface area contributed by atoms with Crippen LogP contribution in [-0.4, -0.2) is 11.9 Å². The Hall–Kier alpha value is -2.28. The van der Waals surface area contributed by atoms with Gasteiger partial charge < -0.3 is 9.73 Å². The summed E-state index contributed by atoms with van der Waals surface area (Å²) in [6.45, 7) is 1.86. The summed E-state index contributed by atoms with van der Waals surface area (Å²) in [5.41, 5.74) is -0.412. The molecule has 0 radical (unpaired) electrons. The Balaban J connectivity index is 1.96. The van der Waals surface area contributed by atoms with Crippen LogP contribution in [0, 0.1) is 17.5 Å². The largest absolute Gasteiger partial charge is 0.468 e. The molecule has 2 aromatic rings. The van der Waals surface area contributed by atoms with Gasteiger partial charge in [0.15, 0.2) is 17.5 Å². The van der Waals surface area contributed by atoms with E-state index in [4.69, 9.17) is 4.42 Å². The van der Waals surface area contributed by atoms with Crippen molar-refractivity contribution in [2.24, 2.45) is 0 Å². The van der Waals surface area contributed by atoms with E-state index in [1.54, 1.807) is 19.1 Å². The molecule has 0 fully saturated rings. The number of amides is 1. The molecule has 112 valence electrons. The SMILES string of the molecule is CC(NCc1ccco1)C(=O)Nc1ccc(F)c(F)c1F. The summed E-state index contributed by atoms with van der Waals surface area (Å²) >= 11 is 0. The predicted molar refractivity (Wildman–Crippen MR) is 70.0 cm³/mol. The molecule has 0 aliphatic heterocycles. The molecule has 0 saturated heterocycles. The molecule has 0 saturated carbocycles. The van der Waals surface area contributed by atoms with Crippen LogP contribution in [0.15, 0.2) is 34.9 Å². The van der Waals surface area contributed by atoms with E-state index >= 15 is 0 Å². The number of hydrogen-bond acceptors (Lipinski definition) is 3. The second kappa shape index (κ2) is 6.45.